The monoisotopic (exact) mass is 241 g/mol. The summed E-state index contributed by atoms with van der Waals surface area (Å²) in [7, 11) is 1.58. The zero-order valence-electron chi connectivity index (χ0n) is 9.79. The molecule has 0 unspecified atom stereocenters. The molecule has 1 heterocycles. The molecule has 0 atom stereocenters. The Morgan fingerprint density at radius 2 is 2.29 bits per heavy atom. The lowest BCUT2D eigenvalue weighted by molar-refractivity contribution is -0.384. The van der Waals surface area contributed by atoms with Gasteiger partial charge in [-0.05, 0) is 6.92 Å². The number of aliphatic hydroxyl groups is 1. The molecule has 0 aromatic carbocycles. The number of amides is 1. The molecular weight excluding hydrogens is 226 g/mol. The molecule has 0 aliphatic carbocycles. The topological polar surface area (TPSA) is 88.6 Å². The summed E-state index contributed by atoms with van der Waals surface area (Å²) in [5.41, 5.74) is 0.128. The van der Waals surface area contributed by atoms with E-state index in [0.29, 0.717) is 6.54 Å². The van der Waals surface area contributed by atoms with Crippen LogP contribution < -0.4 is 0 Å². The summed E-state index contributed by atoms with van der Waals surface area (Å²) < 4.78 is 1.42. The fourth-order valence-electron chi connectivity index (χ4n) is 1.55. The van der Waals surface area contributed by atoms with Gasteiger partial charge in [-0.2, -0.15) is 0 Å². The van der Waals surface area contributed by atoms with Crippen molar-refractivity contribution in [2.45, 2.75) is 6.92 Å². The van der Waals surface area contributed by atoms with Crippen LogP contribution in [0.5, 0.6) is 0 Å². The molecule has 1 rings (SSSR count). The van der Waals surface area contributed by atoms with E-state index >= 15 is 0 Å². The first kappa shape index (κ1) is 13.2. The van der Waals surface area contributed by atoms with Gasteiger partial charge in [0.15, 0.2) is 0 Å². The summed E-state index contributed by atoms with van der Waals surface area (Å²) in [6, 6.07) is 1.24. The average molecular weight is 241 g/mol. The Hall–Kier alpha value is -1.89. The smallest absolute Gasteiger partial charge is 0.287 e. The molecule has 1 N–H and O–H groups in total. The van der Waals surface area contributed by atoms with E-state index in [9.17, 15) is 14.9 Å². The number of hydrogen-bond donors (Lipinski definition) is 1. The third-order valence-electron chi connectivity index (χ3n) is 2.46. The van der Waals surface area contributed by atoms with Crippen LogP contribution in [0.25, 0.3) is 0 Å². The Morgan fingerprint density at radius 3 is 2.71 bits per heavy atom. The van der Waals surface area contributed by atoms with Gasteiger partial charge in [0.05, 0.1) is 17.7 Å². The maximum absolute atomic E-state index is 12.0. The number of aliphatic hydroxyl groups excluding tert-OH is 1. The van der Waals surface area contributed by atoms with Crippen molar-refractivity contribution in [1.82, 2.24) is 9.47 Å². The molecule has 0 aliphatic heterocycles. The Kier molecular flexibility index (Phi) is 4.22. The van der Waals surface area contributed by atoms with E-state index in [2.05, 4.69) is 0 Å². The molecule has 0 fully saturated rings. The summed E-state index contributed by atoms with van der Waals surface area (Å²) in [6.45, 7) is 2.31. The lowest BCUT2D eigenvalue weighted by atomic mass is 10.3. The lowest BCUT2D eigenvalue weighted by Gasteiger charge is -2.19. The summed E-state index contributed by atoms with van der Waals surface area (Å²) in [5.74, 6) is -0.322. The molecule has 94 valence electrons. The molecule has 0 radical (unpaired) electrons. The Morgan fingerprint density at radius 1 is 1.65 bits per heavy atom. The van der Waals surface area contributed by atoms with E-state index in [0.717, 1.165) is 0 Å². The van der Waals surface area contributed by atoms with E-state index < -0.39 is 4.92 Å². The third-order valence-corrected chi connectivity index (χ3v) is 2.46. The molecule has 0 saturated heterocycles. The predicted molar refractivity (Wildman–Crippen MR) is 60.7 cm³/mol. The first-order valence-electron chi connectivity index (χ1n) is 5.22. The highest BCUT2D eigenvalue weighted by molar-refractivity contribution is 5.93. The van der Waals surface area contributed by atoms with Crippen molar-refractivity contribution in [2.75, 3.05) is 19.7 Å². The fraction of sp³-hybridized carbons (Fsp3) is 0.500. The number of carbonyl (C=O) groups is 1. The lowest BCUT2D eigenvalue weighted by Crippen LogP contribution is -2.34. The van der Waals surface area contributed by atoms with Gasteiger partial charge in [-0.3, -0.25) is 14.9 Å². The van der Waals surface area contributed by atoms with Crippen LogP contribution in [0, 0.1) is 10.1 Å². The van der Waals surface area contributed by atoms with Crippen molar-refractivity contribution in [3.8, 4) is 0 Å². The quantitative estimate of drug-likeness (QED) is 0.596. The highest BCUT2D eigenvalue weighted by Crippen LogP contribution is 2.16. The van der Waals surface area contributed by atoms with E-state index in [1.165, 1.54) is 21.7 Å². The molecule has 0 aliphatic rings. The van der Waals surface area contributed by atoms with Crippen molar-refractivity contribution in [3.63, 3.8) is 0 Å². The number of hydrogen-bond acceptors (Lipinski definition) is 4. The highest BCUT2D eigenvalue weighted by Gasteiger charge is 2.21. The predicted octanol–water partition coefficient (Wildman–Crippen LogP) is 0.388. The number of nitro groups is 1. The first-order valence-corrected chi connectivity index (χ1v) is 5.22. The van der Waals surface area contributed by atoms with Gasteiger partial charge in [-0.1, -0.05) is 0 Å². The standard InChI is InChI=1S/C10H15N3O4/c1-3-12(4-5-14)10(15)9-6-8(13(16)17)7-11(9)2/h6-7,14H,3-5H2,1-2H3. The summed E-state index contributed by atoms with van der Waals surface area (Å²) in [6.07, 6.45) is 1.29. The Bertz CT molecular complexity index is 427. The van der Waals surface area contributed by atoms with Crippen molar-refractivity contribution in [3.05, 3.63) is 28.1 Å². The number of likely N-dealkylation sites (N-methyl/N-ethyl adjacent to an activating group) is 1. The minimum Gasteiger partial charge on any atom is -0.395 e. The minimum absolute atomic E-state index is 0.115. The van der Waals surface area contributed by atoms with Gasteiger partial charge in [0, 0.05) is 26.2 Å². The second-order valence-electron chi connectivity index (χ2n) is 3.56. The van der Waals surface area contributed by atoms with Crippen LogP contribution in [0.1, 0.15) is 17.4 Å². The molecule has 1 aromatic heterocycles. The van der Waals surface area contributed by atoms with Crippen LogP contribution >= 0.6 is 0 Å². The van der Waals surface area contributed by atoms with E-state index in [1.54, 1.807) is 14.0 Å². The van der Waals surface area contributed by atoms with Crippen LogP contribution in [-0.2, 0) is 7.05 Å². The second kappa shape index (κ2) is 5.44. The number of nitrogens with zero attached hydrogens (tertiary/aromatic N) is 3. The highest BCUT2D eigenvalue weighted by atomic mass is 16.6. The van der Waals surface area contributed by atoms with Gasteiger partial charge in [-0.25, -0.2) is 0 Å². The van der Waals surface area contributed by atoms with Crippen LogP contribution in [0.2, 0.25) is 0 Å². The van der Waals surface area contributed by atoms with Gasteiger partial charge in [0.2, 0.25) is 0 Å². The van der Waals surface area contributed by atoms with Gasteiger partial charge >= 0.3 is 0 Å². The average Bonchev–Trinajstić information content (AvgIpc) is 2.67. The van der Waals surface area contributed by atoms with Crippen molar-refractivity contribution < 1.29 is 14.8 Å². The molecule has 0 bridgehead atoms. The molecule has 1 amide bonds. The number of aryl methyl sites for hydroxylation is 1. The zero-order valence-corrected chi connectivity index (χ0v) is 9.79. The van der Waals surface area contributed by atoms with E-state index in [1.807, 2.05) is 0 Å². The number of aromatic nitrogens is 1. The second-order valence-corrected chi connectivity index (χ2v) is 3.56. The molecule has 1 aromatic rings. The van der Waals surface area contributed by atoms with Crippen LogP contribution in [0.3, 0.4) is 0 Å². The zero-order chi connectivity index (χ0) is 13.0. The fourth-order valence-corrected chi connectivity index (χ4v) is 1.55. The molecule has 0 saturated carbocycles. The number of rotatable bonds is 5. The SMILES string of the molecule is CCN(CCO)C(=O)c1cc([N+](=O)[O-])cn1C. The molecule has 7 nitrogen and oxygen atoms in total. The molecule has 7 heteroatoms. The summed E-state index contributed by atoms with van der Waals surface area (Å²) in [4.78, 5) is 23.5. The van der Waals surface area contributed by atoms with Crippen LogP contribution in [0.15, 0.2) is 12.3 Å². The Labute approximate surface area is 98.4 Å². The first-order chi connectivity index (χ1) is 8.01. The van der Waals surface area contributed by atoms with Gasteiger partial charge in [0.1, 0.15) is 5.69 Å². The molecular formula is C10H15N3O4. The van der Waals surface area contributed by atoms with Gasteiger partial charge < -0.3 is 14.6 Å². The largest absolute Gasteiger partial charge is 0.395 e. The van der Waals surface area contributed by atoms with Crippen molar-refractivity contribution >= 4 is 11.6 Å². The molecule has 0 spiro atoms. The number of carbonyl (C=O) groups excluding carboxylic acids is 1. The maximum atomic E-state index is 12.0. The molecule has 17 heavy (non-hydrogen) atoms. The van der Waals surface area contributed by atoms with E-state index in [4.69, 9.17) is 5.11 Å². The normalized spacial score (nSPS) is 10.3. The van der Waals surface area contributed by atoms with Gasteiger partial charge in [0.25, 0.3) is 11.6 Å². The minimum atomic E-state index is -0.543. The summed E-state index contributed by atoms with van der Waals surface area (Å²) >= 11 is 0. The Balaban J connectivity index is 2.98. The van der Waals surface area contributed by atoms with Gasteiger partial charge in [-0.15, -0.1) is 0 Å². The van der Waals surface area contributed by atoms with Crippen LogP contribution in [-0.4, -0.2) is 45.1 Å². The maximum Gasteiger partial charge on any atom is 0.287 e. The van der Waals surface area contributed by atoms with Crippen molar-refractivity contribution in [2.24, 2.45) is 7.05 Å². The van der Waals surface area contributed by atoms with E-state index in [-0.39, 0.29) is 30.4 Å². The third kappa shape index (κ3) is 2.82. The van der Waals surface area contributed by atoms with Crippen molar-refractivity contribution in [1.29, 1.82) is 0 Å². The summed E-state index contributed by atoms with van der Waals surface area (Å²) in [5, 5.41) is 19.4. The van der Waals surface area contributed by atoms with Crippen LogP contribution in [0.4, 0.5) is 5.69 Å².